The van der Waals surface area contributed by atoms with E-state index in [1.807, 2.05) is 53.7 Å². The molecule has 0 aromatic heterocycles. The maximum absolute atomic E-state index is 10.5. The number of amides is 1. The van der Waals surface area contributed by atoms with Crippen LogP contribution in [0.4, 0.5) is 0 Å². The van der Waals surface area contributed by atoms with Gasteiger partial charge in [-0.05, 0) is 38.1 Å². The smallest absolute Gasteiger partial charge is 0.335 e. The van der Waals surface area contributed by atoms with Crippen LogP contribution in [0.15, 0.2) is 48.5 Å². The predicted octanol–water partition coefficient (Wildman–Crippen LogP) is 4.84. The second-order valence-electron chi connectivity index (χ2n) is 4.40. The summed E-state index contributed by atoms with van der Waals surface area (Å²) in [5.74, 6) is -1.25. The number of nitrogens with two attached hydrogens (primary N) is 1. The molecule has 0 aliphatic rings. The van der Waals surface area contributed by atoms with Crippen LogP contribution in [0.3, 0.4) is 0 Å². The minimum absolute atomic E-state index is 0.339. The summed E-state index contributed by atoms with van der Waals surface area (Å²) in [5.41, 5.74) is 8.13. The Kier molecular flexibility index (Phi) is 13.8. The molecule has 0 saturated heterocycles. The van der Waals surface area contributed by atoms with Gasteiger partial charge in [-0.3, -0.25) is 4.79 Å². The number of aryl methyl sites for hydroxylation is 2. The van der Waals surface area contributed by atoms with Crippen LogP contribution in [0.5, 0.6) is 0 Å². The average Bonchev–Trinajstić information content (AvgIpc) is 2.60. The van der Waals surface area contributed by atoms with Gasteiger partial charge in [0.1, 0.15) is 0 Å². The number of carbonyl (C=O) groups excluding carboxylic acids is 1. The zero-order valence-electron chi connectivity index (χ0n) is 15.5. The van der Waals surface area contributed by atoms with E-state index >= 15 is 0 Å². The van der Waals surface area contributed by atoms with Gasteiger partial charge in [0, 0.05) is 5.56 Å². The molecule has 2 aromatic rings. The van der Waals surface area contributed by atoms with E-state index in [0.29, 0.717) is 11.1 Å². The number of benzene rings is 2. The summed E-state index contributed by atoms with van der Waals surface area (Å²) < 4.78 is 0. The van der Waals surface area contributed by atoms with Gasteiger partial charge in [-0.2, -0.15) is 0 Å². The van der Waals surface area contributed by atoms with Gasteiger partial charge in [0.25, 0.3) is 0 Å². The third-order valence-electron chi connectivity index (χ3n) is 2.63. The molecule has 0 aliphatic heterocycles. The number of aromatic carboxylic acids is 1. The summed E-state index contributed by atoms with van der Waals surface area (Å²) in [6.45, 7) is 11.9. The highest BCUT2D eigenvalue weighted by Crippen LogP contribution is 2.02. The van der Waals surface area contributed by atoms with Crippen molar-refractivity contribution in [3.05, 3.63) is 70.8 Å². The fraction of sp³-hybridized carbons (Fsp3) is 0.300. The molecule has 4 nitrogen and oxygen atoms in total. The maximum atomic E-state index is 10.5. The SMILES string of the molecule is CC.CC.Cc1ccc(C(=O)O)cc1.Cc1ccc(C(N)=O)cc1. The molecule has 0 aliphatic carbocycles. The summed E-state index contributed by atoms with van der Waals surface area (Å²) in [4.78, 5) is 20.8. The molecule has 0 bridgehead atoms. The first-order valence-electron chi connectivity index (χ1n) is 8.06. The first-order valence-corrected chi connectivity index (χ1v) is 8.06. The van der Waals surface area contributed by atoms with Crippen molar-refractivity contribution >= 4 is 11.9 Å². The van der Waals surface area contributed by atoms with Gasteiger partial charge in [-0.1, -0.05) is 63.1 Å². The monoisotopic (exact) mass is 331 g/mol. The Morgan fingerprint density at radius 1 is 0.708 bits per heavy atom. The lowest BCUT2D eigenvalue weighted by atomic mass is 10.1. The third kappa shape index (κ3) is 10.2. The van der Waals surface area contributed by atoms with E-state index in [-0.39, 0.29) is 5.91 Å². The van der Waals surface area contributed by atoms with E-state index in [1.165, 1.54) is 0 Å². The van der Waals surface area contributed by atoms with Crippen LogP contribution in [0.2, 0.25) is 0 Å². The fourth-order valence-electron chi connectivity index (χ4n) is 1.41. The summed E-state index contributed by atoms with van der Waals surface area (Å²) >= 11 is 0. The molecule has 2 rings (SSSR count). The highest BCUT2D eigenvalue weighted by Gasteiger charge is 1.98. The minimum Gasteiger partial charge on any atom is -0.478 e. The Morgan fingerprint density at radius 2 is 1.00 bits per heavy atom. The average molecular weight is 331 g/mol. The van der Waals surface area contributed by atoms with E-state index in [4.69, 9.17) is 10.8 Å². The summed E-state index contributed by atoms with van der Waals surface area (Å²) in [6.07, 6.45) is 0. The van der Waals surface area contributed by atoms with Crippen molar-refractivity contribution in [3.8, 4) is 0 Å². The van der Waals surface area contributed by atoms with Gasteiger partial charge < -0.3 is 10.8 Å². The van der Waals surface area contributed by atoms with Crippen LogP contribution >= 0.6 is 0 Å². The van der Waals surface area contributed by atoms with Gasteiger partial charge in [-0.25, -0.2) is 4.79 Å². The Morgan fingerprint density at radius 3 is 1.25 bits per heavy atom. The van der Waals surface area contributed by atoms with Crippen LogP contribution in [0.25, 0.3) is 0 Å². The fourth-order valence-corrected chi connectivity index (χ4v) is 1.41. The molecular weight excluding hydrogens is 302 g/mol. The molecule has 2 aromatic carbocycles. The minimum atomic E-state index is -0.875. The molecule has 0 atom stereocenters. The summed E-state index contributed by atoms with van der Waals surface area (Å²) in [5, 5.41) is 8.48. The topological polar surface area (TPSA) is 80.4 Å². The lowest BCUT2D eigenvalue weighted by Gasteiger charge is -1.93. The van der Waals surface area contributed by atoms with Crippen molar-refractivity contribution in [2.24, 2.45) is 5.73 Å². The lowest BCUT2D eigenvalue weighted by molar-refractivity contribution is 0.0696. The zero-order chi connectivity index (χ0) is 19.1. The van der Waals surface area contributed by atoms with Crippen LogP contribution in [0, 0.1) is 13.8 Å². The Bertz CT molecular complexity index is 532. The number of rotatable bonds is 2. The largest absolute Gasteiger partial charge is 0.478 e. The first-order chi connectivity index (χ1) is 11.4. The second-order valence-corrected chi connectivity index (χ2v) is 4.40. The molecule has 0 unspecified atom stereocenters. The molecule has 24 heavy (non-hydrogen) atoms. The molecule has 1 amide bonds. The maximum Gasteiger partial charge on any atom is 0.335 e. The van der Waals surface area contributed by atoms with Crippen molar-refractivity contribution < 1.29 is 14.7 Å². The number of carbonyl (C=O) groups is 2. The van der Waals surface area contributed by atoms with E-state index < -0.39 is 5.97 Å². The number of carboxylic acids is 1. The van der Waals surface area contributed by atoms with Crippen LogP contribution in [-0.4, -0.2) is 17.0 Å². The van der Waals surface area contributed by atoms with Crippen LogP contribution < -0.4 is 5.73 Å². The van der Waals surface area contributed by atoms with Gasteiger partial charge in [-0.15, -0.1) is 0 Å². The molecule has 132 valence electrons. The summed E-state index contributed by atoms with van der Waals surface area (Å²) in [7, 11) is 0. The highest BCUT2D eigenvalue weighted by molar-refractivity contribution is 5.92. The number of hydrogen-bond acceptors (Lipinski definition) is 2. The standard InChI is InChI=1S/C8H9NO.C8H8O2.2C2H6/c2*1-6-2-4-7(5-3-6)8(9)10;2*1-2/h2-5H,1H3,(H2,9,10);2-5H,1H3,(H,9,10);2*1-2H3. The van der Waals surface area contributed by atoms with Gasteiger partial charge >= 0.3 is 5.97 Å². The predicted molar refractivity (Wildman–Crippen MR) is 101 cm³/mol. The highest BCUT2D eigenvalue weighted by atomic mass is 16.4. The number of carboxylic acid groups (broad SMARTS) is 1. The van der Waals surface area contributed by atoms with E-state index in [9.17, 15) is 9.59 Å². The van der Waals surface area contributed by atoms with Crippen molar-refractivity contribution in [3.63, 3.8) is 0 Å². The molecule has 0 saturated carbocycles. The first kappa shape index (κ1) is 23.6. The van der Waals surface area contributed by atoms with Crippen molar-refractivity contribution in [1.82, 2.24) is 0 Å². The van der Waals surface area contributed by atoms with E-state index in [1.54, 1.807) is 36.4 Å². The van der Waals surface area contributed by atoms with Crippen molar-refractivity contribution in [1.29, 1.82) is 0 Å². The number of primary amides is 1. The molecule has 0 spiro atoms. The van der Waals surface area contributed by atoms with Crippen LogP contribution in [0.1, 0.15) is 59.5 Å². The Balaban J connectivity index is 0. The molecule has 0 radical (unpaired) electrons. The quantitative estimate of drug-likeness (QED) is 0.826. The third-order valence-corrected chi connectivity index (χ3v) is 2.63. The molecule has 0 heterocycles. The summed E-state index contributed by atoms with van der Waals surface area (Å²) in [6, 6.07) is 13.9. The van der Waals surface area contributed by atoms with Gasteiger partial charge in [0.2, 0.25) is 5.91 Å². The Hall–Kier alpha value is -2.62. The molecule has 0 fully saturated rings. The zero-order valence-corrected chi connectivity index (χ0v) is 15.5. The molecule has 3 N–H and O–H groups in total. The number of hydrogen-bond donors (Lipinski definition) is 2. The van der Waals surface area contributed by atoms with Crippen molar-refractivity contribution in [2.75, 3.05) is 0 Å². The van der Waals surface area contributed by atoms with Gasteiger partial charge in [0.15, 0.2) is 0 Å². The normalized spacial score (nSPS) is 8.25. The second kappa shape index (κ2) is 14.0. The molecule has 4 heteroatoms. The molecular formula is C20H29NO3. The van der Waals surface area contributed by atoms with E-state index in [0.717, 1.165) is 11.1 Å². The lowest BCUT2D eigenvalue weighted by Crippen LogP contribution is -2.10. The van der Waals surface area contributed by atoms with Crippen LogP contribution in [-0.2, 0) is 0 Å². The van der Waals surface area contributed by atoms with E-state index in [2.05, 4.69) is 0 Å². The van der Waals surface area contributed by atoms with Gasteiger partial charge in [0.05, 0.1) is 5.56 Å². The van der Waals surface area contributed by atoms with Crippen molar-refractivity contribution in [2.45, 2.75) is 41.5 Å². The Labute approximate surface area is 145 Å².